The molecule has 1 nitrogen and oxygen atoms in total. The van der Waals surface area contributed by atoms with Crippen molar-refractivity contribution in [3.05, 3.63) is 102 Å². The molecule has 0 fully saturated rings. The summed E-state index contributed by atoms with van der Waals surface area (Å²) in [5, 5.41) is 0. The summed E-state index contributed by atoms with van der Waals surface area (Å²) in [6.07, 6.45) is 16.5. The van der Waals surface area contributed by atoms with E-state index in [0.29, 0.717) is 6.04 Å². The Hall–Kier alpha value is -2.80. The summed E-state index contributed by atoms with van der Waals surface area (Å²) < 4.78 is 0. The Morgan fingerprint density at radius 2 is 1.92 bits per heavy atom. The van der Waals surface area contributed by atoms with Gasteiger partial charge in [0.2, 0.25) is 0 Å². The van der Waals surface area contributed by atoms with Crippen LogP contribution in [0.15, 0.2) is 85.0 Å². The van der Waals surface area contributed by atoms with Crippen LogP contribution in [0.3, 0.4) is 0 Å². The standard InChI is InChI=1S/C25H25N/c1-3-20-13-17-23(18-14-20)26(22-15-11-19(2)12-16-22)25-10-6-8-21-7-4-5-9-24(21)25/h3,5-6,8-17,23H,1,4,7,18H2,2H3. The molecule has 0 spiro atoms. The molecule has 0 N–H and O–H groups in total. The summed E-state index contributed by atoms with van der Waals surface area (Å²) >= 11 is 0. The van der Waals surface area contributed by atoms with E-state index in [4.69, 9.17) is 0 Å². The molecule has 2 aliphatic carbocycles. The van der Waals surface area contributed by atoms with Crippen molar-refractivity contribution in [2.75, 3.05) is 4.90 Å². The van der Waals surface area contributed by atoms with Crippen molar-refractivity contribution in [2.45, 2.75) is 32.2 Å². The highest BCUT2D eigenvalue weighted by molar-refractivity contribution is 5.78. The monoisotopic (exact) mass is 339 g/mol. The molecule has 0 radical (unpaired) electrons. The van der Waals surface area contributed by atoms with E-state index < -0.39 is 0 Å². The maximum atomic E-state index is 3.90. The van der Waals surface area contributed by atoms with Gasteiger partial charge < -0.3 is 4.90 Å². The first-order valence-corrected chi connectivity index (χ1v) is 9.41. The van der Waals surface area contributed by atoms with Crippen molar-refractivity contribution in [3.63, 3.8) is 0 Å². The van der Waals surface area contributed by atoms with Gasteiger partial charge in [-0.2, -0.15) is 0 Å². The van der Waals surface area contributed by atoms with Crippen LogP contribution in [0.2, 0.25) is 0 Å². The van der Waals surface area contributed by atoms with Crippen LogP contribution in [0.25, 0.3) is 6.08 Å². The van der Waals surface area contributed by atoms with Crippen LogP contribution in [-0.4, -0.2) is 6.04 Å². The van der Waals surface area contributed by atoms with E-state index in [1.54, 1.807) is 0 Å². The van der Waals surface area contributed by atoms with Gasteiger partial charge in [-0.25, -0.2) is 0 Å². The van der Waals surface area contributed by atoms with Crippen molar-refractivity contribution in [3.8, 4) is 0 Å². The summed E-state index contributed by atoms with van der Waals surface area (Å²) in [6.45, 7) is 6.04. The van der Waals surface area contributed by atoms with Crippen LogP contribution < -0.4 is 4.90 Å². The van der Waals surface area contributed by atoms with Crippen molar-refractivity contribution in [1.29, 1.82) is 0 Å². The average Bonchev–Trinajstić information content (AvgIpc) is 2.70. The van der Waals surface area contributed by atoms with E-state index >= 15 is 0 Å². The quantitative estimate of drug-likeness (QED) is 0.612. The summed E-state index contributed by atoms with van der Waals surface area (Å²) in [5.74, 6) is 0. The molecule has 2 aromatic carbocycles. The Labute approximate surface area is 156 Å². The number of nitrogens with zero attached hydrogens (tertiary/aromatic N) is 1. The highest BCUT2D eigenvalue weighted by atomic mass is 15.2. The molecule has 0 heterocycles. The highest BCUT2D eigenvalue weighted by Gasteiger charge is 2.23. The number of benzene rings is 2. The van der Waals surface area contributed by atoms with E-state index in [1.165, 1.54) is 33.6 Å². The second kappa shape index (κ2) is 7.21. The Kier molecular flexibility index (Phi) is 4.62. The lowest BCUT2D eigenvalue weighted by atomic mass is 9.93. The first-order valence-electron chi connectivity index (χ1n) is 9.41. The lowest BCUT2D eigenvalue weighted by Gasteiger charge is -2.35. The molecule has 1 atom stereocenters. The molecule has 1 heteroatoms. The van der Waals surface area contributed by atoms with Crippen molar-refractivity contribution in [2.24, 2.45) is 0 Å². The minimum Gasteiger partial charge on any atom is -0.334 e. The summed E-state index contributed by atoms with van der Waals surface area (Å²) in [6, 6.07) is 15.9. The van der Waals surface area contributed by atoms with Gasteiger partial charge in [0, 0.05) is 16.9 Å². The van der Waals surface area contributed by atoms with Crippen molar-refractivity contribution >= 4 is 17.5 Å². The molecule has 4 rings (SSSR count). The molecule has 0 aliphatic heterocycles. The number of anilines is 2. The molecule has 0 aromatic heterocycles. The van der Waals surface area contributed by atoms with Gasteiger partial charge in [0.25, 0.3) is 0 Å². The molecule has 1 unspecified atom stereocenters. The molecule has 0 saturated heterocycles. The molecule has 2 aliphatic rings. The number of hydrogen-bond donors (Lipinski definition) is 0. The smallest absolute Gasteiger partial charge is 0.0560 e. The van der Waals surface area contributed by atoms with E-state index in [-0.39, 0.29) is 0 Å². The zero-order valence-electron chi connectivity index (χ0n) is 15.4. The second-order valence-electron chi connectivity index (χ2n) is 7.07. The fraction of sp³-hybridized carbons (Fsp3) is 0.200. The number of fused-ring (bicyclic) bond motifs is 1. The third-order valence-electron chi connectivity index (χ3n) is 5.28. The maximum Gasteiger partial charge on any atom is 0.0560 e. The summed E-state index contributed by atoms with van der Waals surface area (Å²) in [7, 11) is 0. The summed E-state index contributed by atoms with van der Waals surface area (Å²) in [5.41, 5.74) is 7.85. The van der Waals surface area contributed by atoms with E-state index in [2.05, 4.69) is 91.2 Å². The van der Waals surface area contributed by atoms with E-state index in [0.717, 1.165) is 19.3 Å². The van der Waals surface area contributed by atoms with Crippen molar-refractivity contribution < 1.29 is 0 Å². The van der Waals surface area contributed by atoms with Crippen LogP contribution in [0.5, 0.6) is 0 Å². The van der Waals surface area contributed by atoms with E-state index in [9.17, 15) is 0 Å². The minimum absolute atomic E-state index is 0.309. The maximum absolute atomic E-state index is 3.90. The molecular formula is C25H25N. The third-order valence-corrected chi connectivity index (χ3v) is 5.28. The van der Waals surface area contributed by atoms with Crippen molar-refractivity contribution in [1.82, 2.24) is 0 Å². The molecule has 2 aromatic rings. The Balaban J connectivity index is 1.81. The molecule has 26 heavy (non-hydrogen) atoms. The predicted octanol–water partition coefficient (Wildman–Crippen LogP) is 6.53. The fourth-order valence-corrected chi connectivity index (χ4v) is 3.84. The molecule has 0 saturated carbocycles. The minimum atomic E-state index is 0.309. The van der Waals surface area contributed by atoms with Gasteiger partial charge in [-0.3, -0.25) is 0 Å². The molecule has 0 bridgehead atoms. The zero-order valence-corrected chi connectivity index (χ0v) is 15.4. The lowest BCUT2D eigenvalue weighted by molar-refractivity contribution is 0.779. The van der Waals surface area contributed by atoms with Gasteiger partial charge in [-0.05, 0) is 55.5 Å². The first kappa shape index (κ1) is 16.7. The van der Waals surface area contributed by atoms with Gasteiger partial charge in [-0.15, -0.1) is 0 Å². The number of allylic oxidation sites excluding steroid dienone is 4. The Morgan fingerprint density at radius 1 is 1.08 bits per heavy atom. The first-order chi connectivity index (χ1) is 12.8. The Morgan fingerprint density at radius 3 is 2.65 bits per heavy atom. The predicted molar refractivity (Wildman–Crippen MR) is 113 cm³/mol. The van der Waals surface area contributed by atoms with Gasteiger partial charge in [-0.1, -0.05) is 72.9 Å². The number of rotatable bonds is 4. The van der Waals surface area contributed by atoms with Crippen LogP contribution in [0, 0.1) is 6.92 Å². The SMILES string of the molecule is C=CC1=CCC(N(c2ccc(C)cc2)c2cccc3c2C=CCC3)C=C1. The second-order valence-corrected chi connectivity index (χ2v) is 7.07. The molecule has 0 amide bonds. The average molecular weight is 339 g/mol. The van der Waals surface area contributed by atoms with Gasteiger partial charge in [0.1, 0.15) is 0 Å². The third kappa shape index (κ3) is 3.17. The zero-order chi connectivity index (χ0) is 17.9. The summed E-state index contributed by atoms with van der Waals surface area (Å²) in [4.78, 5) is 2.49. The highest BCUT2D eigenvalue weighted by Crippen LogP contribution is 2.37. The van der Waals surface area contributed by atoms with E-state index in [1.807, 2.05) is 6.08 Å². The Bertz CT molecular complexity index is 896. The van der Waals surface area contributed by atoms with Gasteiger partial charge in [0.15, 0.2) is 0 Å². The topological polar surface area (TPSA) is 3.24 Å². The fourth-order valence-electron chi connectivity index (χ4n) is 3.84. The number of aryl methyl sites for hydroxylation is 2. The van der Waals surface area contributed by atoms with Gasteiger partial charge >= 0.3 is 0 Å². The largest absolute Gasteiger partial charge is 0.334 e. The van der Waals surface area contributed by atoms with Crippen LogP contribution in [0.4, 0.5) is 11.4 Å². The van der Waals surface area contributed by atoms with Crippen LogP contribution in [0.1, 0.15) is 29.5 Å². The van der Waals surface area contributed by atoms with Gasteiger partial charge in [0.05, 0.1) is 6.04 Å². The number of hydrogen-bond acceptors (Lipinski definition) is 1. The lowest BCUT2D eigenvalue weighted by Crippen LogP contribution is -2.31. The molecule has 130 valence electrons. The van der Waals surface area contributed by atoms with Crippen LogP contribution in [-0.2, 0) is 6.42 Å². The normalized spacial score (nSPS) is 18.2. The van der Waals surface area contributed by atoms with Crippen LogP contribution >= 0.6 is 0 Å². The molecular weight excluding hydrogens is 314 g/mol.